The second kappa shape index (κ2) is 6.11. The van der Waals surface area contributed by atoms with Gasteiger partial charge >= 0.3 is 6.09 Å². The van der Waals surface area contributed by atoms with Crippen molar-refractivity contribution in [3.63, 3.8) is 0 Å². The molecule has 0 N–H and O–H groups in total. The van der Waals surface area contributed by atoms with Gasteiger partial charge in [0.1, 0.15) is 22.6 Å². The minimum atomic E-state index is -1.28. The SMILES string of the molecule is COc1cccnc1C(C)(C=O)N(C)C(=O)OC(C)(C)C. The zero-order valence-corrected chi connectivity index (χ0v) is 13.3. The van der Waals surface area contributed by atoms with Crippen LogP contribution in [0, 0.1) is 0 Å². The van der Waals surface area contributed by atoms with E-state index in [4.69, 9.17) is 9.47 Å². The van der Waals surface area contributed by atoms with Gasteiger partial charge in [-0.2, -0.15) is 0 Å². The molecule has 116 valence electrons. The van der Waals surface area contributed by atoms with Gasteiger partial charge in [0.25, 0.3) is 0 Å². The summed E-state index contributed by atoms with van der Waals surface area (Å²) < 4.78 is 10.5. The third-order valence-electron chi connectivity index (χ3n) is 3.06. The number of hydrogen-bond acceptors (Lipinski definition) is 5. The molecule has 1 heterocycles. The molecule has 0 aliphatic heterocycles. The first kappa shape index (κ1) is 16.9. The van der Waals surface area contributed by atoms with Crippen LogP contribution < -0.4 is 4.74 Å². The Balaban J connectivity index is 3.20. The zero-order valence-electron chi connectivity index (χ0n) is 13.3. The highest BCUT2D eigenvalue weighted by molar-refractivity contribution is 5.78. The van der Waals surface area contributed by atoms with E-state index in [1.807, 2.05) is 0 Å². The number of methoxy groups -OCH3 is 1. The molecule has 6 nitrogen and oxygen atoms in total. The van der Waals surface area contributed by atoms with Gasteiger partial charge in [0.15, 0.2) is 6.29 Å². The molecule has 6 heteroatoms. The predicted octanol–water partition coefficient (Wildman–Crippen LogP) is 2.37. The Morgan fingerprint density at radius 1 is 1.33 bits per heavy atom. The molecule has 1 unspecified atom stereocenters. The molecule has 0 aliphatic carbocycles. The van der Waals surface area contributed by atoms with Gasteiger partial charge in [0, 0.05) is 13.2 Å². The molecule has 0 fully saturated rings. The van der Waals surface area contributed by atoms with Crippen LogP contribution in [0.4, 0.5) is 4.79 Å². The van der Waals surface area contributed by atoms with Crippen molar-refractivity contribution in [3.05, 3.63) is 24.0 Å². The van der Waals surface area contributed by atoms with Crippen molar-refractivity contribution >= 4 is 12.4 Å². The number of aromatic nitrogens is 1. The van der Waals surface area contributed by atoms with E-state index >= 15 is 0 Å². The Hall–Kier alpha value is -2.11. The van der Waals surface area contributed by atoms with E-state index in [2.05, 4.69) is 4.98 Å². The minimum Gasteiger partial charge on any atom is -0.495 e. The molecule has 0 radical (unpaired) electrons. The molecule has 1 rings (SSSR count). The first-order valence-corrected chi connectivity index (χ1v) is 6.58. The van der Waals surface area contributed by atoms with E-state index in [1.165, 1.54) is 19.1 Å². The van der Waals surface area contributed by atoms with Crippen LogP contribution in [0.15, 0.2) is 18.3 Å². The highest BCUT2D eigenvalue weighted by atomic mass is 16.6. The average molecular weight is 294 g/mol. The lowest BCUT2D eigenvalue weighted by Gasteiger charge is -2.35. The van der Waals surface area contributed by atoms with E-state index in [9.17, 15) is 9.59 Å². The third kappa shape index (κ3) is 3.71. The van der Waals surface area contributed by atoms with Crippen LogP contribution in [0.2, 0.25) is 0 Å². The first-order valence-electron chi connectivity index (χ1n) is 6.58. The number of amides is 1. The standard InChI is InChI=1S/C15H22N2O4/c1-14(2,3)21-13(19)17(5)15(4,10-18)12-11(20-6)8-7-9-16-12/h7-10H,1-6H3. The van der Waals surface area contributed by atoms with Crippen molar-refractivity contribution in [2.24, 2.45) is 0 Å². The average Bonchev–Trinajstić information content (AvgIpc) is 2.43. The summed E-state index contributed by atoms with van der Waals surface area (Å²) in [5, 5.41) is 0. The van der Waals surface area contributed by atoms with E-state index < -0.39 is 17.2 Å². The number of carbonyl (C=O) groups is 2. The van der Waals surface area contributed by atoms with Crippen molar-refractivity contribution in [2.75, 3.05) is 14.2 Å². The van der Waals surface area contributed by atoms with Crippen molar-refractivity contribution in [1.82, 2.24) is 9.88 Å². The number of nitrogens with zero attached hydrogens (tertiary/aromatic N) is 2. The fourth-order valence-corrected chi connectivity index (χ4v) is 1.75. The monoisotopic (exact) mass is 294 g/mol. The quantitative estimate of drug-likeness (QED) is 0.797. The van der Waals surface area contributed by atoms with Gasteiger partial charge in [0.05, 0.1) is 7.11 Å². The molecule has 1 atom stereocenters. The van der Waals surface area contributed by atoms with Crippen LogP contribution in [0.25, 0.3) is 0 Å². The fourth-order valence-electron chi connectivity index (χ4n) is 1.75. The third-order valence-corrected chi connectivity index (χ3v) is 3.06. The second-order valence-electron chi connectivity index (χ2n) is 5.86. The second-order valence-corrected chi connectivity index (χ2v) is 5.86. The van der Waals surface area contributed by atoms with Crippen LogP contribution in [0.5, 0.6) is 5.75 Å². The molecule has 0 aromatic carbocycles. The van der Waals surface area contributed by atoms with Gasteiger partial charge in [-0.1, -0.05) is 0 Å². The van der Waals surface area contributed by atoms with E-state index in [0.717, 1.165) is 0 Å². The Labute approximate surface area is 125 Å². The summed E-state index contributed by atoms with van der Waals surface area (Å²) in [5.41, 5.74) is -1.57. The fraction of sp³-hybridized carbons (Fsp3) is 0.533. The summed E-state index contributed by atoms with van der Waals surface area (Å²) in [5.74, 6) is 0.433. The molecule has 1 aromatic heterocycles. The van der Waals surface area contributed by atoms with Gasteiger partial charge < -0.3 is 14.3 Å². The number of rotatable bonds is 4. The highest BCUT2D eigenvalue weighted by Crippen LogP contribution is 2.31. The van der Waals surface area contributed by atoms with E-state index in [0.29, 0.717) is 17.7 Å². The molecule has 1 amide bonds. The lowest BCUT2D eigenvalue weighted by Crippen LogP contribution is -2.48. The molecule has 0 bridgehead atoms. The molecule has 21 heavy (non-hydrogen) atoms. The summed E-state index contributed by atoms with van der Waals surface area (Å²) in [4.78, 5) is 29.3. The maximum absolute atomic E-state index is 12.2. The number of carbonyl (C=O) groups excluding carboxylic acids is 2. The number of hydrogen-bond donors (Lipinski definition) is 0. The summed E-state index contributed by atoms with van der Waals surface area (Å²) in [6, 6.07) is 3.38. The van der Waals surface area contributed by atoms with Gasteiger partial charge in [0.2, 0.25) is 0 Å². The van der Waals surface area contributed by atoms with Gasteiger partial charge in [-0.05, 0) is 39.8 Å². The lowest BCUT2D eigenvalue weighted by molar-refractivity contribution is -0.117. The molecule has 0 saturated carbocycles. The summed E-state index contributed by atoms with van der Waals surface area (Å²) in [6.45, 7) is 6.88. The van der Waals surface area contributed by atoms with Crippen LogP contribution in [0.3, 0.4) is 0 Å². The van der Waals surface area contributed by atoms with Crippen molar-refractivity contribution in [2.45, 2.75) is 38.8 Å². The van der Waals surface area contributed by atoms with Gasteiger partial charge in [-0.25, -0.2) is 4.79 Å². The summed E-state index contributed by atoms with van der Waals surface area (Å²) in [7, 11) is 2.98. The van der Waals surface area contributed by atoms with Gasteiger partial charge in [-0.15, -0.1) is 0 Å². The molecular formula is C15H22N2O4. The molecule has 0 spiro atoms. The van der Waals surface area contributed by atoms with Crippen LogP contribution >= 0.6 is 0 Å². The van der Waals surface area contributed by atoms with Crippen molar-refractivity contribution in [3.8, 4) is 5.75 Å². The predicted molar refractivity (Wildman–Crippen MR) is 78.2 cm³/mol. The highest BCUT2D eigenvalue weighted by Gasteiger charge is 2.40. The Morgan fingerprint density at radius 3 is 2.43 bits per heavy atom. The van der Waals surface area contributed by atoms with E-state index in [-0.39, 0.29) is 0 Å². The lowest BCUT2D eigenvalue weighted by atomic mass is 9.96. The number of likely N-dealkylation sites (N-methyl/N-ethyl adjacent to an activating group) is 1. The Kier molecular flexibility index (Phi) is 4.93. The summed E-state index contributed by atoms with van der Waals surface area (Å²) >= 11 is 0. The maximum atomic E-state index is 12.2. The Morgan fingerprint density at radius 2 is 1.95 bits per heavy atom. The van der Waals surface area contributed by atoms with E-state index in [1.54, 1.807) is 46.0 Å². The molecule has 0 aliphatic rings. The normalized spacial score (nSPS) is 14.0. The summed E-state index contributed by atoms with van der Waals surface area (Å²) in [6.07, 6.45) is 1.59. The van der Waals surface area contributed by atoms with Crippen molar-refractivity contribution in [1.29, 1.82) is 0 Å². The number of pyridine rings is 1. The van der Waals surface area contributed by atoms with Crippen molar-refractivity contribution < 1.29 is 19.1 Å². The molecular weight excluding hydrogens is 272 g/mol. The first-order chi connectivity index (χ1) is 9.65. The van der Waals surface area contributed by atoms with Crippen LogP contribution in [-0.2, 0) is 15.1 Å². The van der Waals surface area contributed by atoms with Crippen LogP contribution in [-0.4, -0.2) is 42.0 Å². The number of ether oxygens (including phenoxy) is 2. The number of aldehydes is 1. The van der Waals surface area contributed by atoms with Gasteiger partial charge in [-0.3, -0.25) is 9.88 Å². The van der Waals surface area contributed by atoms with Crippen LogP contribution in [0.1, 0.15) is 33.4 Å². The largest absolute Gasteiger partial charge is 0.495 e. The Bertz CT molecular complexity index is 525. The maximum Gasteiger partial charge on any atom is 0.411 e. The topological polar surface area (TPSA) is 68.7 Å². The molecule has 1 aromatic rings. The zero-order chi connectivity index (χ0) is 16.3. The minimum absolute atomic E-state index is 0.357. The molecule has 0 saturated heterocycles. The smallest absolute Gasteiger partial charge is 0.411 e.